The summed E-state index contributed by atoms with van der Waals surface area (Å²) in [6.07, 6.45) is 0. The fourth-order valence-electron chi connectivity index (χ4n) is 3.30. The molecule has 0 aliphatic rings. The zero-order valence-electron chi connectivity index (χ0n) is 14.8. The molecule has 0 saturated carbocycles. The Morgan fingerprint density at radius 3 is 2.46 bits per heavy atom. The molecule has 0 bridgehead atoms. The third-order valence-electron chi connectivity index (χ3n) is 4.56. The lowest BCUT2D eigenvalue weighted by molar-refractivity contribution is 0.553. The van der Waals surface area contributed by atoms with Crippen LogP contribution in [0.1, 0.15) is 5.69 Å². The minimum Gasteiger partial charge on any atom is -0.422 e. The molecule has 5 nitrogen and oxygen atoms in total. The molecule has 6 heteroatoms. The molecular formula is C22H13NO4S. The summed E-state index contributed by atoms with van der Waals surface area (Å²) in [5.74, 6) is 0. The van der Waals surface area contributed by atoms with Crippen molar-refractivity contribution in [3.05, 3.63) is 86.5 Å². The molecule has 0 atom stereocenters. The molecule has 0 aliphatic heterocycles. The van der Waals surface area contributed by atoms with E-state index in [1.54, 1.807) is 18.2 Å². The Morgan fingerprint density at radius 2 is 1.71 bits per heavy atom. The van der Waals surface area contributed by atoms with E-state index in [1.165, 1.54) is 17.4 Å². The summed E-state index contributed by atoms with van der Waals surface area (Å²) in [5.41, 5.74) is 2.69. The van der Waals surface area contributed by atoms with Crippen molar-refractivity contribution >= 4 is 33.3 Å². The van der Waals surface area contributed by atoms with E-state index >= 15 is 0 Å². The van der Waals surface area contributed by atoms with Gasteiger partial charge in [0.1, 0.15) is 16.2 Å². The first-order valence-corrected chi connectivity index (χ1v) is 9.51. The standard InChI is InChI=1S/C22H13NO4S/c1-12-11-28-21(23-12)17-9-16-18(26-22(17)25)8-7-14-15(10-19(24)27-20(14)16)13-5-3-2-4-6-13/h2-11H,1H3. The van der Waals surface area contributed by atoms with Crippen LogP contribution in [0.15, 0.2) is 78.4 Å². The molecule has 5 aromatic rings. The molecule has 28 heavy (non-hydrogen) atoms. The van der Waals surface area contributed by atoms with Gasteiger partial charge in [0.25, 0.3) is 0 Å². The van der Waals surface area contributed by atoms with Crippen molar-refractivity contribution in [2.24, 2.45) is 0 Å². The molecule has 3 aromatic heterocycles. The van der Waals surface area contributed by atoms with Gasteiger partial charge in [-0.3, -0.25) is 0 Å². The summed E-state index contributed by atoms with van der Waals surface area (Å²) in [4.78, 5) is 29.1. The topological polar surface area (TPSA) is 73.3 Å². The van der Waals surface area contributed by atoms with Crippen LogP contribution < -0.4 is 11.3 Å². The predicted molar refractivity (Wildman–Crippen MR) is 110 cm³/mol. The number of rotatable bonds is 2. The maximum atomic E-state index is 12.4. The molecule has 0 saturated heterocycles. The normalized spacial score (nSPS) is 11.3. The highest BCUT2D eigenvalue weighted by Crippen LogP contribution is 2.33. The van der Waals surface area contributed by atoms with Gasteiger partial charge in [-0.1, -0.05) is 30.3 Å². The number of thiazole rings is 1. The quantitative estimate of drug-likeness (QED) is 0.315. The van der Waals surface area contributed by atoms with Crippen LogP contribution >= 0.6 is 11.3 Å². The van der Waals surface area contributed by atoms with Crippen molar-refractivity contribution in [3.63, 3.8) is 0 Å². The van der Waals surface area contributed by atoms with Crippen LogP contribution in [0.3, 0.4) is 0 Å². The summed E-state index contributed by atoms with van der Waals surface area (Å²) in [7, 11) is 0. The molecule has 0 radical (unpaired) electrons. The van der Waals surface area contributed by atoms with Gasteiger partial charge in [-0.15, -0.1) is 11.3 Å². The van der Waals surface area contributed by atoms with E-state index in [9.17, 15) is 9.59 Å². The summed E-state index contributed by atoms with van der Waals surface area (Å²) < 4.78 is 11.0. The fraction of sp³-hybridized carbons (Fsp3) is 0.0455. The van der Waals surface area contributed by atoms with Gasteiger partial charge in [-0.05, 0) is 36.2 Å². The van der Waals surface area contributed by atoms with Crippen molar-refractivity contribution in [2.75, 3.05) is 0 Å². The molecule has 0 unspecified atom stereocenters. The van der Waals surface area contributed by atoms with E-state index in [0.29, 0.717) is 27.1 Å². The third kappa shape index (κ3) is 2.66. The second-order valence-electron chi connectivity index (χ2n) is 6.44. The van der Waals surface area contributed by atoms with E-state index in [0.717, 1.165) is 22.2 Å². The zero-order chi connectivity index (χ0) is 19.3. The Labute approximate surface area is 162 Å². The SMILES string of the molecule is Cc1csc(-c2cc3c(ccc4c(-c5ccccc5)cc(=O)oc43)oc2=O)n1. The maximum Gasteiger partial charge on any atom is 0.346 e. The van der Waals surface area contributed by atoms with Crippen LogP contribution in [0.2, 0.25) is 0 Å². The van der Waals surface area contributed by atoms with E-state index in [-0.39, 0.29) is 0 Å². The minimum atomic E-state index is -0.470. The Morgan fingerprint density at radius 1 is 0.893 bits per heavy atom. The van der Waals surface area contributed by atoms with E-state index in [2.05, 4.69) is 4.98 Å². The third-order valence-corrected chi connectivity index (χ3v) is 5.55. The predicted octanol–water partition coefficient (Wildman–Crippen LogP) is 5.00. The Balaban J connectivity index is 1.88. The van der Waals surface area contributed by atoms with Crippen molar-refractivity contribution in [1.82, 2.24) is 4.98 Å². The van der Waals surface area contributed by atoms with Crippen molar-refractivity contribution in [1.29, 1.82) is 0 Å². The van der Waals surface area contributed by atoms with Crippen LogP contribution in [0.5, 0.6) is 0 Å². The average Bonchev–Trinajstić information content (AvgIpc) is 3.13. The Bertz CT molecular complexity index is 1460. The van der Waals surface area contributed by atoms with Gasteiger partial charge in [0, 0.05) is 22.5 Å². The highest BCUT2D eigenvalue weighted by Gasteiger charge is 2.16. The van der Waals surface area contributed by atoms with Gasteiger partial charge >= 0.3 is 11.3 Å². The van der Waals surface area contributed by atoms with Crippen molar-refractivity contribution in [2.45, 2.75) is 6.92 Å². The van der Waals surface area contributed by atoms with Crippen LogP contribution in [0.25, 0.3) is 43.6 Å². The highest BCUT2D eigenvalue weighted by molar-refractivity contribution is 7.13. The van der Waals surface area contributed by atoms with Gasteiger partial charge in [-0.2, -0.15) is 0 Å². The number of nitrogens with zero attached hydrogens (tertiary/aromatic N) is 1. The molecular weight excluding hydrogens is 374 g/mol. The lowest BCUT2D eigenvalue weighted by Crippen LogP contribution is -2.04. The molecule has 5 rings (SSSR count). The van der Waals surface area contributed by atoms with E-state index in [4.69, 9.17) is 8.83 Å². The molecule has 3 heterocycles. The maximum absolute atomic E-state index is 12.4. The van der Waals surface area contributed by atoms with Crippen LogP contribution in [-0.2, 0) is 0 Å². The summed E-state index contributed by atoms with van der Waals surface area (Å²) >= 11 is 1.37. The number of hydrogen-bond acceptors (Lipinski definition) is 6. The van der Waals surface area contributed by atoms with Gasteiger partial charge in [0.2, 0.25) is 0 Å². The second-order valence-corrected chi connectivity index (χ2v) is 7.30. The minimum absolute atomic E-state index is 0.353. The molecule has 2 aromatic carbocycles. The first-order chi connectivity index (χ1) is 13.6. The zero-order valence-corrected chi connectivity index (χ0v) is 15.6. The fourth-order valence-corrected chi connectivity index (χ4v) is 4.10. The molecule has 0 fully saturated rings. The monoisotopic (exact) mass is 387 g/mol. The molecule has 136 valence electrons. The number of benzene rings is 2. The van der Waals surface area contributed by atoms with Crippen LogP contribution in [-0.4, -0.2) is 4.98 Å². The number of fused-ring (bicyclic) bond motifs is 3. The van der Waals surface area contributed by atoms with Crippen molar-refractivity contribution in [3.8, 4) is 21.7 Å². The number of aryl methyl sites for hydroxylation is 1. The molecule has 0 aliphatic carbocycles. The van der Waals surface area contributed by atoms with Gasteiger partial charge in [-0.25, -0.2) is 14.6 Å². The molecule has 0 spiro atoms. The van der Waals surface area contributed by atoms with Gasteiger partial charge < -0.3 is 8.83 Å². The summed E-state index contributed by atoms with van der Waals surface area (Å²) in [6, 6.07) is 16.3. The molecule has 0 N–H and O–H groups in total. The Hall–Kier alpha value is -3.51. The second kappa shape index (κ2) is 6.28. The first-order valence-electron chi connectivity index (χ1n) is 8.63. The molecule has 0 amide bonds. The largest absolute Gasteiger partial charge is 0.422 e. The van der Waals surface area contributed by atoms with Crippen LogP contribution in [0.4, 0.5) is 0 Å². The van der Waals surface area contributed by atoms with Gasteiger partial charge in [0.05, 0.1) is 10.9 Å². The lowest BCUT2D eigenvalue weighted by Gasteiger charge is -2.08. The summed E-state index contributed by atoms with van der Waals surface area (Å²) in [5, 5.41) is 3.78. The smallest absolute Gasteiger partial charge is 0.346 e. The van der Waals surface area contributed by atoms with E-state index in [1.807, 2.05) is 42.6 Å². The average molecular weight is 387 g/mol. The van der Waals surface area contributed by atoms with Gasteiger partial charge in [0.15, 0.2) is 0 Å². The number of hydrogen-bond donors (Lipinski definition) is 0. The van der Waals surface area contributed by atoms with E-state index < -0.39 is 11.3 Å². The highest BCUT2D eigenvalue weighted by atomic mass is 32.1. The van der Waals surface area contributed by atoms with Crippen LogP contribution in [0, 0.1) is 6.92 Å². The first kappa shape index (κ1) is 16.6. The van der Waals surface area contributed by atoms with Crippen molar-refractivity contribution < 1.29 is 8.83 Å². The summed E-state index contributed by atoms with van der Waals surface area (Å²) in [6.45, 7) is 1.86. The number of aromatic nitrogens is 1. The Kier molecular flexibility index (Phi) is 3.74. The lowest BCUT2D eigenvalue weighted by atomic mass is 10.0.